The van der Waals surface area contributed by atoms with Gasteiger partial charge in [-0.1, -0.05) is 19.1 Å². The zero-order valence-corrected chi connectivity index (χ0v) is 16.3. The van der Waals surface area contributed by atoms with Gasteiger partial charge in [-0.15, -0.1) is 12.4 Å². The first-order valence-corrected chi connectivity index (χ1v) is 9.08. The van der Waals surface area contributed by atoms with Gasteiger partial charge in [-0.3, -0.25) is 9.69 Å². The maximum atomic E-state index is 12.8. The van der Waals surface area contributed by atoms with Crippen molar-refractivity contribution >= 4 is 18.3 Å². The summed E-state index contributed by atoms with van der Waals surface area (Å²) in [5, 5.41) is 0. The summed E-state index contributed by atoms with van der Waals surface area (Å²) in [4.78, 5) is 16.7. The predicted molar refractivity (Wildman–Crippen MR) is 100 cm³/mol. The summed E-state index contributed by atoms with van der Waals surface area (Å²) in [5.74, 6) is 0.0497. The molecule has 1 aromatic rings. The molecule has 8 heteroatoms. The van der Waals surface area contributed by atoms with Crippen molar-refractivity contribution in [1.29, 1.82) is 0 Å². The Kier molecular flexibility index (Phi) is 6.81. The molecule has 1 saturated heterocycles. The first kappa shape index (κ1) is 22.0. The number of nitrogens with zero attached hydrogens (tertiary/aromatic N) is 2. The molecule has 0 spiro atoms. The maximum absolute atomic E-state index is 12.8. The normalized spacial score (nSPS) is 23.1. The highest BCUT2D eigenvalue weighted by Crippen LogP contribution is 2.32. The second kappa shape index (κ2) is 8.37. The van der Waals surface area contributed by atoms with Crippen molar-refractivity contribution in [1.82, 2.24) is 9.80 Å². The Balaban J connectivity index is 0.00000261. The monoisotopic (exact) mass is 405 g/mol. The van der Waals surface area contributed by atoms with Gasteiger partial charge in [0.05, 0.1) is 12.1 Å². The number of carbonyl (C=O) groups is 1. The number of alkyl halides is 3. The number of benzene rings is 1. The standard InChI is InChI=1S/C19H26F3N3O.ClH/c1-18(12-23)8-9-24(13-18)11-17(26)25(16-6-7-16)10-14-2-4-15(5-3-14)19(20,21)22;/h2-5,16H,6-13,23H2,1H3;1H. The molecule has 2 fully saturated rings. The SMILES string of the molecule is CC1(CN)CCN(CC(=O)N(Cc2ccc(C(F)(F)F)cc2)C2CC2)C1.Cl. The summed E-state index contributed by atoms with van der Waals surface area (Å²) in [6, 6.07) is 5.31. The summed E-state index contributed by atoms with van der Waals surface area (Å²) >= 11 is 0. The lowest BCUT2D eigenvalue weighted by molar-refractivity contribution is -0.137. The molecule has 1 saturated carbocycles. The van der Waals surface area contributed by atoms with Gasteiger partial charge in [0, 0.05) is 19.1 Å². The molecule has 2 N–H and O–H groups in total. The number of nitrogens with two attached hydrogens (primary N) is 1. The van der Waals surface area contributed by atoms with Crippen molar-refractivity contribution in [3.8, 4) is 0 Å². The molecule has 1 aromatic carbocycles. The molecule has 1 aliphatic carbocycles. The van der Waals surface area contributed by atoms with Gasteiger partial charge in [-0.25, -0.2) is 0 Å². The molecule has 3 rings (SSSR count). The van der Waals surface area contributed by atoms with Crippen LogP contribution in [0.2, 0.25) is 0 Å². The van der Waals surface area contributed by atoms with E-state index in [0.29, 0.717) is 19.6 Å². The van der Waals surface area contributed by atoms with Gasteiger partial charge in [-0.05, 0) is 55.5 Å². The maximum Gasteiger partial charge on any atom is 0.416 e. The number of amides is 1. The Hall–Kier alpha value is -1.31. The largest absolute Gasteiger partial charge is 0.416 e. The smallest absolute Gasteiger partial charge is 0.334 e. The highest BCUT2D eigenvalue weighted by atomic mass is 35.5. The zero-order chi connectivity index (χ0) is 18.9. The average Bonchev–Trinajstić information content (AvgIpc) is 3.36. The van der Waals surface area contributed by atoms with E-state index < -0.39 is 11.7 Å². The van der Waals surface area contributed by atoms with Crippen LogP contribution in [0, 0.1) is 5.41 Å². The van der Waals surface area contributed by atoms with Gasteiger partial charge in [0.25, 0.3) is 0 Å². The number of hydrogen-bond donors (Lipinski definition) is 1. The lowest BCUT2D eigenvalue weighted by atomic mass is 9.90. The van der Waals surface area contributed by atoms with Crippen molar-refractivity contribution < 1.29 is 18.0 Å². The van der Waals surface area contributed by atoms with Crippen LogP contribution < -0.4 is 5.73 Å². The molecule has 4 nitrogen and oxygen atoms in total. The lowest BCUT2D eigenvalue weighted by Gasteiger charge is -2.27. The van der Waals surface area contributed by atoms with Gasteiger partial charge in [0.1, 0.15) is 0 Å². The van der Waals surface area contributed by atoms with Crippen LogP contribution in [0.3, 0.4) is 0 Å². The zero-order valence-electron chi connectivity index (χ0n) is 15.5. The van der Waals surface area contributed by atoms with Crippen molar-refractivity contribution in [2.75, 3.05) is 26.2 Å². The number of likely N-dealkylation sites (tertiary alicyclic amines) is 1. The molecule has 1 amide bonds. The van der Waals surface area contributed by atoms with Crippen LogP contribution in [-0.4, -0.2) is 47.9 Å². The van der Waals surface area contributed by atoms with Gasteiger partial charge in [0.2, 0.25) is 5.91 Å². The van der Waals surface area contributed by atoms with E-state index in [1.165, 1.54) is 12.1 Å². The number of hydrogen-bond acceptors (Lipinski definition) is 3. The summed E-state index contributed by atoms with van der Waals surface area (Å²) in [6.07, 6.45) is -1.42. The molecule has 1 heterocycles. The van der Waals surface area contributed by atoms with Crippen LogP contribution in [0.4, 0.5) is 13.2 Å². The quantitative estimate of drug-likeness (QED) is 0.790. The fourth-order valence-corrected chi connectivity index (χ4v) is 3.51. The van der Waals surface area contributed by atoms with E-state index in [1.807, 2.05) is 4.90 Å². The van der Waals surface area contributed by atoms with E-state index in [0.717, 1.165) is 50.0 Å². The Morgan fingerprint density at radius 2 is 1.93 bits per heavy atom. The molecule has 2 aliphatic rings. The predicted octanol–water partition coefficient (Wildman–Crippen LogP) is 3.29. The van der Waals surface area contributed by atoms with Crippen LogP contribution in [-0.2, 0) is 17.5 Å². The number of halogens is 4. The highest BCUT2D eigenvalue weighted by Gasteiger charge is 2.37. The highest BCUT2D eigenvalue weighted by molar-refractivity contribution is 5.85. The van der Waals surface area contributed by atoms with Crippen molar-refractivity contribution in [3.05, 3.63) is 35.4 Å². The van der Waals surface area contributed by atoms with E-state index in [9.17, 15) is 18.0 Å². The molecule has 152 valence electrons. The van der Waals surface area contributed by atoms with E-state index in [-0.39, 0.29) is 29.8 Å². The molecule has 0 aromatic heterocycles. The molecule has 1 aliphatic heterocycles. The molecular weight excluding hydrogens is 379 g/mol. The third-order valence-corrected chi connectivity index (χ3v) is 5.43. The Bertz CT molecular complexity index is 649. The summed E-state index contributed by atoms with van der Waals surface area (Å²) in [7, 11) is 0. The molecule has 27 heavy (non-hydrogen) atoms. The second-order valence-electron chi connectivity index (χ2n) is 7.92. The summed E-state index contributed by atoms with van der Waals surface area (Å²) in [6.45, 7) is 5.14. The van der Waals surface area contributed by atoms with Gasteiger partial charge < -0.3 is 10.6 Å². The van der Waals surface area contributed by atoms with E-state index in [1.54, 1.807) is 0 Å². The van der Waals surface area contributed by atoms with E-state index >= 15 is 0 Å². The minimum absolute atomic E-state index is 0. The fraction of sp³-hybridized carbons (Fsp3) is 0.632. The van der Waals surface area contributed by atoms with Crippen molar-refractivity contribution in [2.24, 2.45) is 11.1 Å². The third kappa shape index (κ3) is 5.59. The van der Waals surface area contributed by atoms with Crippen molar-refractivity contribution in [2.45, 2.75) is 44.9 Å². The van der Waals surface area contributed by atoms with Crippen LogP contribution in [0.15, 0.2) is 24.3 Å². The first-order chi connectivity index (χ1) is 12.2. The minimum Gasteiger partial charge on any atom is -0.334 e. The first-order valence-electron chi connectivity index (χ1n) is 9.08. The lowest BCUT2D eigenvalue weighted by Crippen LogP contribution is -2.41. The van der Waals surface area contributed by atoms with Crippen LogP contribution in [0.25, 0.3) is 0 Å². The number of carbonyl (C=O) groups excluding carboxylic acids is 1. The average molecular weight is 406 g/mol. The fourth-order valence-electron chi connectivity index (χ4n) is 3.51. The number of rotatable bonds is 6. The van der Waals surface area contributed by atoms with Gasteiger partial charge in [0.15, 0.2) is 0 Å². The topological polar surface area (TPSA) is 49.6 Å². The van der Waals surface area contributed by atoms with Gasteiger partial charge >= 0.3 is 6.18 Å². The van der Waals surface area contributed by atoms with E-state index in [2.05, 4.69) is 11.8 Å². The summed E-state index contributed by atoms with van der Waals surface area (Å²) < 4.78 is 38.1. The van der Waals surface area contributed by atoms with Crippen LogP contribution in [0.5, 0.6) is 0 Å². The van der Waals surface area contributed by atoms with Crippen molar-refractivity contribution in [3.63, 3.8) is 0 Å². The molecule has 1 unspecified atom stereocenters. The Morgan fingerprint density at radius 1 is 1.30 bits per heavy atom. The molecule has 0 radical (unpaired) electrons. The Labute approximate surface area is 164 Å². The Morgan fingerprint density at radius 3 is 2.41 bits per heavy atom. The molecule has 0 bridgehead atoms. The molecule has 1 atom stereocenters. The van der Waals surface area contributed by atoms with Crippen LogP contribution >= 0.6 is 12.4 Å². The van der Waals surface area contributed by atoms with E-state index in [4.69, 9.17) is 5.73 Å². The third-order valence-electron chi connectivity index (χ3n) is 5.43. The molecular formula is C19H27ClF3N3O. The van der Waals surface area contributed by atoms with Gasteiger partial charge in [-0.2, -0.15) is 13.2 Å². The van der Waals surface area contributed by atoms with Crippen LogP contribution in [0.1, 0.15) is 37.3 Å². The minimum atomic E-state index is -4.34. The summed E-state index contributed by atoms with van der Waals surface area (Å²) in [5.41, 5.74) is 5.95. The second-order valence-corrected chi connectivity index (χ2v) is 7.92.